The van der Waals surface area contributed by atoms with Gasteiger partial charge in [0.15, 0.2) is 0 Å². The molecule has 24 heavy (non-hydrogen) atoms. The topological polar surface area (TPSA) is 23.6 Å². The van der Waals surface area contributed by atoms with Crippen molar-refractivity contribution in [2.24, 2.45) is 5.92 Å². The molecule has 0 radical (unpaired) electrons. The van der Waals surface area contributed by atoms with Crippen LogP contribution in [0.15, 0.2) is 24.3 Å². The molecule has 1 aliphatic rings. The zero-order valence-electron chi connectivity index (χ0n) is 14.3. The maximum Gasteiger partial charge on any atom is 0.416 e. The Hall–Kier alpha value is -1.72. The summed E-state index contributed by atoms with van der Waals surface area (Å²) in [5, 5.41) is 0. The monoisotopic (exact) mass is 342 g/mol. The highest BCUT2D eigenvalue weighted by Gasteiger charge is 2.31. The maximum absolute atomic E-state index is 12.8. The summed E-state index contributed by atoms with van der Waals surface area (Å²) in [6.07, 6.45) is -1.67. The number of halogens is 3. The Balaban J connectivity index is 1.92. The minimum Gasteiger partial charge on any atom is -0.368 e. The summed E-state index contributed by atoms with van der Waals surface area (Å²) in [7, 11) is 0. The standard InChI is InChI=1S/C18H25F3N2O/c1-3-5-14(2)12-17(24)23-10-8-22(9-11-23)16-7-4-6-15(13-16)18(19,20)21/h4,6-7,13-14H,3,5,8-12H2,1-2H3. The Morgan fingerprint density at radius 3 is 2.46 bits per heavy atom. The third kappa shape index (κ3) is 4.89. The molecule has 0 N–H and O–H groups in total. The van der Waals surface area contributed by atoms with Gasteiger partial charge < -0.3 is 9.80 Å². The van der Waals surface area contributed by atoms with Gasteiger partial charge in [0, 0.05) is 38.3 Å². The van der Waals surface area contributed by atoms with Crippen molar-refractivity contribution in [2.75, 3.05) is 31.1 Å². The third-order valence-corrected chi connectivity index (χ3v) is 4.48. The molecule has 0 saturated carbocycles. The molecule has 1 aromatic carbocycles. The van der Waals surface area contributed by atoms with Gasteiger partial charge in [-0.2, -0.15) is 13.2 Å². The summed E-state index contributed by atoms with van der Waals surface area (Å²) in [6.45, 7) is 6.45. The zero-order chi connectivity index (χ0) is 17.7. The molecule has 1 atom stereocenters. The molecule has 134 valence electrons. The molecule has 1 heterocycles. The van der Waals surface area contributed by atoms with Crippen LogP contribution in [0.25, 0.3) is 0 Å². The van der Waals surface area contributed by atoms with E-state index in [-0.39, 0.29) is 5.91 Å². The minimum absolute atomic E-state index is 0.152. The van der Waals surface area contributed by atoms with E-state index in [1.807, 2.05) is 9.80 Å². The summed E-state index contributed by atoms with van der Waals surface area (Å²) in [4.78, 5) is 16.0. The van der Waals surface area contributed by atoms with Gasteiger partial charge in [0.05, 0.1) is 5.56 Å². The second-order valence-electron chi connectivity index (χ2n) is 6.51. The first-order valence-electron chi connectivity index (χ1n) is 8.51. The molecule has 1 fully saturated rings. The molecule has 0 bridgehead atoms. The van der Waals surface area contributed by atoms with E-state index in [0.29, 0.717) is 44.2 Å². The smallest absolute Gasteiger partial charge is 0.368 e. The van der Waals surface area contributed by atoms with Crippen molar-refractivity contribution in [2.45, 2.75) is 39.3 Å². The molecule has 2 rings (SSSR count). The molecule has 1 aromatic rings. The second kappa shape index (κ2) is 7.90. The van der Waals surface area contributed by atoms with Gasteiger partial charge in [0.25, 0.3) is 0 Å². The van der Waals surface area contributed by atoms with Gasteiger partial charge in [-0.05, 0) is 24.1 Å². The number of anilines is 1. The molecule has 1 aliphatic heterocycles. The Morgan fingerprint density at radius 2 is 1.88 bits per heavy atom. The molecule has 0 aromatic heterocycles. The minimum atomic E-state index is -4.33. The van der Waals surface area contributed by atoms with Crippen LogP contribution in [0.1, 0.15) is 38.7 Å². The SMILES string of the molecule is CCCC(C)CC(=O)N1CCN(c2cccc(C(F)(F)F)c2)CC1. The third-order valence-electron chi connectivity index (χ3n) is 4.48. The summed E-state index contributed by atoms with van der Waals surface area (Å²) in [5.74, 6) is 0.531. The van der Waals surface area contributed by atoms with Crippen molar-refractivity contribution in [1.29, 1.82) is 0 Å². The summed E-state index contributed by atoms with van der Waals surface area (Å²) in [5.41, 5.74) is -0.0665. The van der Waals surface area contributed by atoms with Crippen LogP contribution in [0.4, 0.5) is 18.9 Å². The lowest BCUT2D eigenvalue weighted by Crippen LogP contribution is -2.49. The van der Waals surface area contributed by atoms with Crippen molar-refractivity contribution in [3.8, 4) is 0 Å². The fourth-order valence-corrected chi connectivity index (χ4v) is 3.12. The lowest BCUT2D eigenvalue weighted by atomic mass is 10.0. The van der Waals surface area contributed by atoms with E-state index in [0.717, 1.165) is 18.9 Å². The molecule has 1 saturated heterocycles. The van der Waals surface area contributed by atoms with Crippen LogP contribution < -0.4 is 4.90 Å². The molecule has 0 aliphatic carbocycles. The number of nitrogens with zero attached hydrogens (tertiary/aromatic N) is 2. The molecular weight excluding hydrogens is 317 g/mol. The summed E-state index contributed by atoms with van der Waals surface area (Å²) >= 11 is 0. The first-order chi connectivity index (χ1) is 11.3. The number of carbonyl (C=O) groups excluding carboxylic acids is 1. The normalized spacial score (nSPS) is 17.0. The molecule has 6 heteroatoms. The number of hydrogen-bond acceptors (Lipinski definition) is 2. The van der Waals surface area contributed by atoms with E-state index in [9.17, 15) is 18.0 Å². The number of alkyl halides is 3. The first kappa shape index (κ1) is 18.6. The van der Waals surface area contributed by atoms with E-state index in [2.05, 4.69) is 13.8 Å². The fourth-order valence-electron chi connectivity index (χ4n) is 3.12. The van der Waals surface area contributed by atoms with Gasteiger partial charge >= 0.3 is 6.18 Å². The van der Waals surface area contributed by atoms with Crippen LogP contribution in [-0.4, -0.2) is 37.0 Å². The number of carbonyl (C=O) groups is 1. The van der Waals surface area contributed by atoms with Crippen LogP contribution in [0, 0.1) is 5.92 Å². The average Bonchev–Trinajstić information content (AvgIpc) is 2.54. The molecular formula is C18H25F3N2O. The number of benzene rings is 1. The Labute approximate surface area is 141 Å². The maximum atomic E-state index is 12.8. The molecule has 1 unspecified atom stereocenters. The Morgan fingerprint density at radius 1 is 1.21 bits per heavy atom. The van der Waals surface area contributed by atoms with Gasteiger partial charge in [0.1, 0.15) is 0 Å². The number of amides is 1. The predicted octanol–water partition coefficient (Wildman–Crippen LogP) is 4.18. The van der Waals surface area contributed by atoms with Crippen molar-refractivity contribution in [3.05, 3.63) is 29.8 Å². The number of hydrogen-bond donors (Lipinski definition) is 0. The van der Waals surface area contributed by atoms with Crippen molar-refractivity contribution in [1.82, 2.24) is 4.90 Å². The Bertz CT molecular complexity index is 551. The van der Waals surface area contributed by atoms with Crippen molar-refractivity contribution in [3.63, 3.8) is 0 Å². The summed E-state index contributed by atoms with van der Waals surface area (Å²) in [6, 6.07) is 5.39. The molecule has 1 amide bonds. The van der Waals surface area contributed by atoms with Gasteiger partial charge in [-0.1, -0.05) is 32.8 Å². The zero-order valence-corrected chi connectivity index (χ0v) is 14.3. The van der Waals surface area contributed by atoms with Crippen LogP contribution in [-0.2, 0) is 11.0 Å². The van der Waals surface area contributed by atoms with Gasteiger partial charge in [0.2, 0.25) is 5.91 Å². The van der Waals surface area contributed by atoms with Gasteiger partial charge in [-0.25, -0.2) is 0 Å². The van der Waals surface area contributed by atoms with Gasteiger partial charge in [-0.3, -0.25) is 4.79 Å². The van der Waals surface area contributed by atoms with Gasteiger partial charge in [-0.15, -0.1) is 0 Å². The highest BCUT2D eigenvalue weighted by molar-refractivity contribution is 5.76. The van der Waals surface area contributed by atoms with E-state index in [4.69, 9.17) is 0 Å². The van der Waals surface area contributed by atoms with Crippen LogP contribution in [0.2, 0.25) is 0 Å². The quantitative estimate of drug-likeness (QED) is 0.801. The number of piperazine rings is 1. The molecule has 3 nitrogen and oxygen atoms in total. The summed E-state index contributed by atoms with van der Waals surface area (Å²) < 4.78 is 38.4. The largest absolute Gasteiger partial charge is 0.416 e. The van der Waals surface area contributed by atoms with E-state index in [1.165, 1.54) is 12.1 Å². The fraction of sp³-hybridized carbons (Fsp3) is 0.611. The molecule has 0 spiro atoms. The van der Waals surface area contributed by atoms with Crippen LogP contribution >= 0.6 is 0 Å². The van der Waals surface area contributed by atoms with E-state index < -0.39 is 11.7 Å². The van der Waals surface area contributed by atoms with Crippen LogP contribution in [0.5, 0.6) is 0 Å². The average molecular weight is 342 g/mol. The van der Waals surface area contributed by atoms with E-state index >= 15 is 0 Å². The number of rotatable bonds is 5. The van der Waals surface area contributed by atoms with Crippen molar-refractivity contribution < 1.29 is 18.0 Å². The Kier molecular flexibility index (Phi) is 6.13. The van der Waals surface area contributed by atoms with Crippen LogP contribution in [0.3, 0.4) is 0 Å². The predicted molar refractivity (Wildman–Crippen MR) is 88.9 cm³/mol. The lowest BCUT2D eigenvalue weighted by molar-refractivity contribution is -0.137. The highest BCUT2D eigenvalue weighted by atomic mass is 19.4. The highest BCUT2D eigenvalue weighted by Crippen LogP contribution is 2.31. The van der Waals surface area contributed by atoms with E-state index in [1.54, 1.807) is 6.07 Å². The first-order valence-corrected chi connectivity index (χ1v) is 8.51. The lowest BCUT2D eigenvalue weighted by Gasteiger charge is -2.36. The second-order valence-corrected chi connectivity index (χ2v) is 6.51. The van der Waals surface area contributed by atoms with Crippen molar-refractivity contribution >= 4 is 11.6 Å².